The molecule has 0 aliphatic rings. The number of methoxy groups -OCH3 is 1. The third-order valence-corrected chi connectivity index (χ3v) is 3.90. The molecule has 1 aromatic carbocycles. The van der Waals surface area contributed by atoms with Gasteiger partial charge in [-0.25, -0.2) is 4.98 Å². The molecule has 0 amide bonds. The molecule has 0 fully saturated rings. The average molecular weight is 301 g/mol. The lowest BCUT2D eigenvalue weighted by molar-refractivity contribution is 0.414. The fourth-order valence-corrected chi connectivity index (χ4v) is 2.90. The first-order chi connectivity index (χ1) is 10.2. The number of aromatic nitrogens is 2. The fourth-order valence-electron chi connectivity index (χ4n) is 2.63. The van der Waals surface area contributed by atoms with Crippen LogP contribution in [0.2, 0.25) is 0 Å². The zero-order chi connectivity index (χ0) is 14.8. The molecule has 0 atom stereocenters. The lowest BCUT2D eigenvalue weighted by Gasteiger charge is -2.05. The van der Waals surface area contributed by atoms with Crippen molar-refractivity contribution in [3.63, 3.8) is 0 Å². The van der Waals surface area contributed by atoms with Crippen LogP contribution in [0.1, 0.15) is 22.6 Å². The highest BCUT2D eigenvalue weighted by atomic mass is 35.5. The first-order valence-electron chi connectivity index (χ1n) is 6.87. The second-order valence-corrected chi connectivity index (χ2v) is 5.30. The first kappa shape index (κ1) is 14.0. The Morgan fingerprint density at radius 3 is 2.76 bits per heavy atom. The number of halogens is 1. The minimum absolute atomic E-state index is 0.450. The van der Waals surface area contributed by atoms with Gasteiger partial charge < -0.3 is 4.74 Å². The Balaban J connectivity index is 2.06. The summed E-state index contributed by atoms with van der Waals surface area (Å²) in [7, 11) is 1.68. The van der Waals surface area contributed by atoms with Crippen LogP contribution in [0.15, 0.2) is 42.5 Å². The summed E-state index contributed by atoms with van der Waals surface area (Å²) in [6.45, 7) is 2.07. The molecule has 0 bridgehead atoms. The molecule has 2 aromatic heterocycles. The van der Waals surface area contributed by atoms with Gasteiger partial charge in [-0.3, -0.25) is 4.40 Å². The van der Waals surface area contributed by atoms with Crippen molar-refractivity contribution in [1.29, 1.82) is 0 Å². The van der Waals surface area contributed by atoms with E-state index in [1.54, 1.807) is 7.11 Å². The SMILES string of the molecule is COc1cccc(Cc2nc3cccc(C)n3c2CCl)c1. The molecule has 3 nitrogen and oxygen atoms in total. The number of ether oxygens (including phenoxy) is 1. The Morgan fingerprint density at radius 1 is 1.19 bits per heavy atom. The summed E-state index contributed by atoms with van der Waals surface area (Å²) in [5.41, 5.74) is 5.35. The minimum Gasteiger partial charge on any atom is -0.497 e. The normalized spacial score (nSPS) is 11.0. The van der Waals surface area contributed by atoms with E-state index in [1.165, 1.54) is 5.56 Å². The van der Waals surface area contributed by atoms with Gasteiger partial charge in [-0.1, -0.05) is 18.2 Å². The van der Waals surface area contributed by atoms with Crippen LogP contribution in [0.3, 0.4) is 0 Å². The van der Waals surface area contributed by atoms with Crippen molar-refractivity contribution in [1.82, 2.24) is 9.38 Å². The van der Waals surface area contributed by atoms with Gasteiger partial charge in [-0.2, -0.15) is 0 Å². The van der Waals surface area contributed by atoms with Gasteiger partial charge in [0.1, 0.15) is 11.4 Å². The second kappa shape index (κ2) is 5.78. The highest BCUT2D eigenvalue weighted by molar-refractivity contribution is 6.17. The van der Waals surface area contributed by atoms with Crippen LogP contribution in [-0.2, 0) is 12.3 Å². The first-order valence-corrected chi connectivity index (χ1v) is 7.41. The molecule has 0 aliphatic carbocycles. The largest absolute Gasteiger partial charge is 0.497 e. The summed E-state index contributed by atoms with van der Waals surface area (Å²) in [6, 6.07) is 14.2. The molecule has 21 heavy (non-hydrogen) atoms. The van der Waals surface area contributed by atoms with E-state index >= 15 is 0 Å². The standard InChI is InChI=1S/C17H17ClN2O/c1-12-5-3-8-17-19-15(16(11-18)20(12)17)10-13-6-4-7-14(9-13)21-2/h3-9H,10-11H2,1-2H3. The topological polar surface area (TPSA) is 26.5 Å². The van der Waals surface area contributed by atoms with Crippen molar-refractivity contribution >= 4 is 17.2 Å². The molecule has 0 spiro atoms. The third-order valence-electron chi connectivity index (χ3n) is 3.65. The number of benzene rings is 1. The molecule has 0 unspecified atom stereocenters. The van der Waals surface area contributed by atoms with Crippen molar-refractivity contribution in [3.8, 4) is 5.75 Å². The maximum absolute atomic E-state index is 6.16. The number of aryl methyl sites for hydroxylation is 1. The minimum atomic E-state index is 0.450. The van der Waals surface area contributed by atoms with Crippen LogP contribution >= 0.6 is 11.6 Å². The maximum Gasteiger partial charge on any atom is 0.137 e. The van der Waals surface area contributed by atoms with Gasteiger partial charge in [0, 0.05) is 12.1 Å². The van der Waals surface area contributed by atoms with Crippen molar-refractivity contribution < 1.29 is 4.74 Å². The Kier molecular flexibility index (Phi) is 3.84. The van der Waals surface area contributed by atoms with E-state index in [1.807, 2.05) is 30.3 Å². The van der Waals surface area contributed by atoms with E-state index in [2.05, 4.69) is 23.5 Å². The van der Waals surface area contributed by atoms with Crippen molar-refractivity contribution in [2.24, 2.45) is 0 Å². The molecule has 0 saturated heterocycles. The number of hydrogen-bond donors (Lipinski definition) is 0. The third kappa shape index (κ3) is 2.61. The van der Waals surface area contributed by atoms with Crippen LogP contribution in [0.5, 0.6) is 5.75 Å². The molecule has 108 valence electrons. The van der Waals surface area contributed by atoms with E-state index in [0.717, 1.165) is 34.9 Å². The van der Waals surface area contributed by atoms with Crippen LogP contribution in [0.25, 0.3) is 5.65 Å². The van der Waals surface area contributed by atoms with Gasteiger partial charge in [-0.05, 0) is 36.8 Å². The van der Waals surface area contributed by atoms with Crippen molar-refractivity contribution in [3.05, 3.63) is 65.1 Å². The molecule has 0 radical (unpaired) electrons. The van der Waals surface area contributed by atoms with Crippen LogP contribution < -0.4 is 4.74 Å². The van der Waals surface area contributed by atoms with Crippen LogP contribution in [-0.4, -0.2) is 16.5 Å². The van der Waals surface area contributed by atoms with Gasteiger partial charge in [0.05, 0.1) is 24.4 Å². The molecular weight excluding hydrogens is 284 g/mol. The van der Waals surface area contributed by atoms with Crippen LogP contribution in [0, 0.1) is 6.92 Å². The van der Waals surface area contributed by atoms with E-state index < -0.39 is 0 Å². The highest BCUT2D eigenvalue weighted by Crippen LogP contribution is 2.22. The summed E-state index contributed by atoms with van der Waals surface area (Å²) in [4.78, 5) is 4.73. The van der Waals surface area contributed by atoms with Gasteiger partial charge in [0.2, 0.25) is 0 Å². The zero-order valence-corrected chi connectivity index (χ0v) is 12.9. The van der Waals surface area contributed by atoms with Crippen molar-refractivity contribution in [2.45, 2.75) is 19.2 Å². The second-order valence-electron chi connectivity index (χ2n) is 5.03. The summed E-state index contributed by atoms with van der Waals surface area (Å²) in [5.74, 6) is 1.31. The number of alkyl halides is 1. The van der Waals surface area contributed by atoms with Gasteiger partial charge in [-0.15, -0.1) is 11.6 Å². The van der Waals surface area contributed by atoms with Crippen LogP contribution in [0.4, 0.5) is 0 Å². The molecule has 0 saturated carbocycles. The smallest absolute Gasteiger partial charge is 0.137 e. The van der Waals surface area contributed by atoms with Gasteiger partial charge >= 0.3 is 0 Å². The number of pyridine rings is 1. The van der Waals surface area contributed by atoms with E-state index in [4.69, 9.17) is 21.3 Å². The van der Waals surface area contributed by atoms with E-state index in [9.17, 15) is 0 Å². The molecule has 0 aliphatic heterocycles. The Hall–Kier alpha value is -2.00. The predicted molar refractivity (Wildman–Crippen MR) is 85.3 cm³/mol. The highest BCUT2D eigenvalue weighted by Gasteiger charge is 2.13. The van der Waals surface area contributed by atoms with Crippen molar-refractivity contribution in [2.75, 3.05) is 7.11 Å². The summed E-state index contributed by atoms with van der Waals surface area (Å²) < 4.78 is 7.40. The summed E-state index contributed by atoms with van der Waals surface area (Å²) in [6.07, 6.45) is 0.750. The Morgan fingerprint density at radius 2 is 2.00 bits per heavy atom. The Bertz CT molecular complexity index is 780. The number of nitrogens with zero attached hydrogens (tertiary/aromatic N) is 2. The Labute approximate surface area is 129 Å². The summed E-state index contributed by atoms with van der Waals surface area (Å²) >= 11 is 6.16. The molecule has 3 rings (SSSR count). The zero-order valence-electron chi connectivity index (χ0n) is 12.1. The number of fused-ring (bicyclic) bond motifs is 1. The predicted octanol–water partition coefficient (Wildman–Crippen LogP) is 3.98. The molecule has 4 heteroatoms. The van der Waals surface area contributed by atoms with Gasteiger partial charge in [0.25, 0.3) is 0 Å². The summed E-state index contributed by atoms with van der Waals surface area (Å²) in [5, 5.41) is 0. The van der Waals surface area contributed by atoms with E-state index in [0.29, 0.717) is 5.88 Å². The average Bonchev–Trinajstić information content (AvgIpc) is 2.86. The molecule has 0 N–H and O–H groups in total. The quantitative estimate of drug-likeness (QED) is 0.681. The number of imidazole rings is 1. The maximum atomic E-state index is 6.16. The van der Waals surface area contributed by atoms with E-state index in [-0.39, 0.29) is 0 Å². The molecule has 3 aromatic rings. The molecular formula is C17H17ClN2O. The monoisotopic (exact) mass is 300 g/mol. The number of rotatable bonds is 4. The lowest BCUT2D eigenvalue weighted by Crippen LogP contribution is -1.98. The molecule has 2 heterocycles. The fraction of sp³-hybridized carbons (Fsp3) is 0.235. The van der Waals surface area contributed by atoms with Gasteiger partial charge in [0.15, 0.2) is 0 Å². The number of hydrogen-bond acceptors (Lipinski definition) is 2. The lowest BCUT2D eigenvalue weighted by atomic mass is 10.1.